The Morgan fingerprint density at radius 1 is 1.55 bits per heavy atom. The van der Waals surface area contributed by atoms with Crippen LogP contribution in [0.3, 0.4) is 0 Å². The third kappa shape index (κ3) is 3.11. The number of amides is 2. The molecule has 1 atom stereocenters. The van der Waals surface area contributed by atoms with Crippen LogP contribution < -0.4 is 11.1 Å². The molecule has 1 aromatic rings. The van der Waals surface area contributed by atoms with E-state index in [0.29, 0.717) is 0 Å². The van der Waals surface area contributed by atoms with Crippen molar-refractivity contribution in [3.05, 3.63) is 35.1 Å². The number of rotatable bonds is 4. The molecular weight excluding hydrogens is 265 g/mol. The zero-order valence-corrected chi connectivity index (χ0v) is 10.9. The molecule has 1 aromatic carbocycles. The van der Waals surface area contributed by atoms with E-state index in [1.165, 1.54) is 12.1 Å². The smallest absolute Gasteiger partial charge is 0.266 e. The second-order valence-electron chi connectivity index (χ2n) is 4.53. The van der Waals surface area contributed by atoms with Gasteiger partial charge in [-0.2, -0.15) is 0 Å². The van der Waals surface area contributed by atoms with Crippen LogP contribution in [0.15, 0.2) is 23.4 Å². The van der Waals surface area contributed by atoms with Gasteiger partial charge in [0, 0.05) is 6.42 Å². The molecule has 3 N–H and O–H groups in total. The highest BCUT2D eigenvalue weighted by Gasteiger charge is 2.25. The van der Waals surface area contributed by atoms with Crippen molar-refractivity contribution < 1.29 is 18.8 Å². The predicted octanol–water partition coefficient (Wildman–Crippen LogP) is 0.494. The van der Waals surface area contributed by atoms with Gasteiger partial charge < -0.3 is 15.9 Å². The van der Waals surface area contributed by atoms with Crippen LogP contribution in [0.4, 0.5) is 4.39 Å². The van der Waals surface area contributed by atoms with Crippen LogP contribution in [0.2, 0.25) is 0 Å². The number of carbonyl (C=O) groups excluding carboxylic acids is 2. The Hall–Kier alpha value is -2.44. The van der Waals surface area contributed by atoms with Crippen molar-refractivity contribution in [1.82, 2.24) is 5.32 Å². The van der Waals surface area contributed by atoms with Crippen molar-refractivity contribution in [1.29, 1.82) is 0 Å². The number of nitrogens with one attached hydrogen (secondary N) is 1. The molecule has 2 rings (SSSR count). The summed E-state index contributed by atoms with van der Waals surface area (Å²) < 4.78 is 13.5. The summed E-state index contributed by atoms with van der Waals surface area (Å²) in [4.78, 5) is 27.7. The number of halogens is 1. The lowest BCUT2D eigenvalue weighted by molar-refractivity contribution is -0.112. The topological polar surface area (TPSA) is 93.8 Å². The van der Waals surface area contributed by atoms with Crippen LogP contribution in [0, 0.1) is 12.7 Å². The molecule has 2 amide bonds. The van der Waals surface area contributed by atoms with Crippen LogP contribution in [0.5, 0.6) is 0 Å². The first-order chi connectivity index (χ1) is 9.47. The average Bonchev–Trinajstić information content (AvgIpc) is 2.88. The third-order valence-corrected chi connectivity index (χ3v) is 2.87. The molecule has 0 unspecified atom stereocenters. The molecule has 0 aromatic heterocycles. The molecule has 0 aliphatic carbocycles. The summed E-state index contributed by atoms with van der Waals surface area (Å²) in [5.74, 6) is -1.78. The van der Waals surface area contributed by atoms with Gasteiger partial charge in [-0.15, -0.1) is 0 Å². The molecule has 106 valence electrons. The first-order valence-electron chi connectivity index (χ1n) is 6.04. The lowest BCUT2D eigenvalue weighted by Crippen LogP contribution is -2.33. The van der Waals surface area contributed by atoms with E-state index in [4.69, 9.17) is 10.6 Å². The zero-order chi connectivity index (χ0) is 14.7. The highest BCUT2D eigenvalue weighted by molar-refractivity contribution is 6.38. The molecule has 1 aliphatic rings. The predicted molar refractivity (Wildman–Crippen MR) is 69.6 cm³/mol. The normalized spacial score (nSPS) is 17.3. The average molecular weight is 279 g/mol. The quantitative estimate of drug-likeness (QED) is 0.840. The molecule has 0 radical (unpaired) electrons. The number of nitrogens with two attached hydrogens (primary N) is 1. The fourth-order valence-corrected chi connectivity index (χ4v) is 1.80. The third-order valence-electron chi connectivity index (χ3n) is 2.87. The summed E-state index contributed by atoms with van der Waals surface area (Å²) in [6.45, 7) is 1.88. The van der Waals surface area contributed by atoms with Crippen LogP contribution in [0.1, 0.15) is 22.3 Å². The van der Waals surface area contributed by atoms with Gasteiger partial charge in [0.1, 0.15) is 11.5 Å². The van der Waals surface area contributed by atoms with Crippen molar-refractivity contribution in [3.8, 4) is 0 Å². The molecule has 0 saturated heterocycles. The Balaban J connectivity index is 1.91. The van der Waals surface area contributed by atoms with E-state index in [1.54, 1.807) is 13.0 Å². The lowest BCUT2D eigenvalue weighted by atomic mass is 10.1. The largest absolute Gasteiger partial charge is 0.390 e. The molecule has 20 heavy (non-hydrogen) atoms. The summed E-state index contributed by atoms with van der Waals surface area (Å²) in [5.41, 5.74) is 5.94. The van der Waals surface area contributed by atoms with Crippen molar-refractivity contribution in [2.24, 2.45) is 10.9 Å². The molecule has 6 nitrogen and oxygen atoms in total. The molecule has 0 bridgehead atoms. The Bertz CT molecular complexity index is 586. The Morgan fingerprint density at radius 2 is 2.30 bits per heavy atom. The minimum absolute atomic E-state index is 0.0287. The Morgan fingerprint density at radius 3 is 2.95 bits per heavy atom. The molecule has 0 saturated carbocycles. The van der Waals surface area contributed by atoms with Crippen LogP contribution in [0.25, 0.3) is 0 Å². The fourth-order valence-electron chi connectivity index (χ4n) is 1.80. The summed E-state index contributed by atoms with van der Waals surface area (Å²) >= 11 is 0. The van der Waals surface area contributed by atoms with E-state index in [2.05, 4.69) is 10.5 Å². The minimum Gasteiger partial charge on any atom is -0.390 e. The van der Waals surface area contributed by atoms with Crippen molar-refractivity contribution >= 4 is 17.5 Å². The summed E-state index contributed by atoms with van der Waals surface area (Å²) in [5, 5.41) is 6.05. The number of carbonyl (C=O) groups is 2. The van der Waals surface area contributed by atoms with Gasteiger partial charge in [-0.05, 0) is 19.1 Å². The van der Waals surface area contributed by atoms with Crippen molar-refractivity contribution in [2.45, 2.75) is 19.4 Å². The highest BCUT2D eigenvalue weighted by Crippen LogP contribution is 2.12. The van der Waals surface area contributed by atoms with Gasteiger partial charge >= 0.3 is 0 Å². The fraction of sp³-hybridized carbons (Fsp3) is 0.308. The van der Waals surface area contributed by atoms with Gasteiger partial charge in [0.05, 0.1) is 12.1 Å². The maximum Gasteiger partial charge on any atom is 0.266 e. The second kappa shape index (κ2) is 5.68. The van der Waals surface area contributed by atoms with Gasteiger partial charge in [-0.3, -0.25) is 9.59 Å². The number of hydrogen-bond acceptors (Lipinski definition) is 4. The lowest BCUT2D eigenvalue weighted by Gasteiger charge is -2.10. The maximum absolute atomic E-state index is 13.5. The SMILES string of the molecule is Cc1ccc(F)c(C(=O)NC[C@H]2CC(C(N)=O)=NO2)c1. The summed E-state index contributed by atoms with van der Waals surface area (Å²) in [6, 6.07) is 4.29. The number of hydrogen-bond donors (Lipinski definition) is 2. The van der Waals surface area contributed by atoms with Gasteiger partial charge in [-0.25, -0.2) is 4.39 Å². The number of primary amides is 1. The second-order valence-corrected chi connectivity index (χ2v) is 4.53. The molecule has 7 heteroatoms. The van der Waals surface area contributed by atoms with Gasteiger partial charge in [0.15, 0.2) is 6.10 Å². The van der Waals surface area contributed by atoms with Crippen LogP contribution in [-0.2, 0) is 9.63 Å². The number of nitrogens with zero attached hydrogens (tertiary/aromatic N) is 1. The van der Waals surface area contributed by atoms with E-state index < -0.39 is 23.7 Å². The standard InChI is InChI=1S/C13H14FN3O3/c1-7-2-3-10(14)9(4-7)13(19)16-6-8-5-11(12(15)18)17-20-8/h2-4,8H,5-6H2,1H3,(H2,15,18)(H,16,19)/t8-/m1/s1. The number of oxime groups is 1. The minimum atomic E-state index is -0.649. The maximum atomic E-state index is 13.5. The monoisotopic (exact) mass is 279 g/mol. The van der Waals surface area contributed by atoms with E-state index in [-0.39, 0.29) is 24.2 Å². The van der Waals surface area contributed by atoms with E-state index >= 15 is 0 Å². The molecular formula is C13H14FN3O3. The van der Waals surface area contributed by atoms with Crippen LogP contribution >= 0.6 is 0 Å². The number of aryl methyl sites for hydroxylation is 1. The van der Waals surface area contributed by atoms with E-state index in [0.717, 1.165) is 5.56 Å². The van der Waals surface area contributed by atoms with Gasteiger partial charge in [0.25, 0.3) is 11.8 Å². The molecule has 0 fully saturated rings. The molecule has 1 heterocycles. The van der Waals surface area contributed by atoms with E-state index in [9.17, 15) is 14.0 Å². The number of benzene rings is 1. The van der Waals surface area contributed by atoms with Gasteiger partial charge in [-0.1, -0.05) is 16.8 Å². The Kier molecular flexibility index (Phi) is 3.97. The van der Waals surface area contributed by atoms with Crippen LogP contribution in [-0.4, -0.2) is 30.2 Å². The highest BCUT2D eigenvalue weighted by atomic mass is 19.1. The molecule has 0 spiro atoms. The van der Waals surface area contributed by atoms with E-state index in [1.807, 2.05) is 0 Å². The van der Waals surface area contributed by atoms with Gasteiger partial charge in [0.2, 0.25) is 0 Å². The Labute approximate surface area is 114 Å². The summed E-state index contributed by atoms with van der Waals surface area (Å²) in [7, 11) is 0. The summed E-state index contributed by atoms with van der Waals surface area (Å²) in [6.07, 6.45) is -0.236. The molecule has 1 aliphatic heterocycles. The van der Waals surface area contributed by atoms with Crippen molar-refractivity contribution in [2.75, 3.05) is 6.54 Å². The first-order valence-corrected chi connectivity index (χ1v) is 6.04. The zero-order valence-electron chi connectivity index (χ0n) is 10.9. The first kappa shape index (κ1) is 14.0. The van der Waals surface area contributed by atoms with Crippen molar-refractivity contribution in [3.63, 3.8) is 0 Å².